The predicted octanol–water partition coefficient (Wildman–Crippen LogP) is 1.60. The van der Waals surface area contributed by atoms with Crippen molar-refractivity contribution in [3.8, 4) is 0 Å². The lowest BCUT2D eigenvalue weighted by Crippen LogP contribution is -2.47. The number of carbonyl (C=O) groups is 2. The first kappa shape index (κ1) is 17.9. The van der Waals surface area contributed by atoms with Crippen molar-refractivity contribution in [1.29, 1.82) is 0 Å². The minimum Gasteiger partial charge on any atom is -0.459 e. The summed E-state index contributed by atoms with van der Waals surface area (Å²) in [5.41, 5.74) is 7.03. The third-order valence-corrected chi connectivity index (χ3v) is 3.89. The van der Waals surface area contributed by atoms with Gasteiger partial charge in [0.15, 0.2) is 0 Å². The number of hydrogen-bond donors (Lipinski definition) is 3. The van der Waals surface area contributed by atoms with Crippen LogP contribution in [-0.2, 0) is 16.1 Å². The second-order valence-electron chi connectivity index (χ2n) is 6.06. The highest BCUT2D eigenvalue weighted by Gasteiger charge is 2.18. The fourth-order valence-corrected chi connectivity index (χ4v) is 2.24. The minimum absolute atomic E-state index is 0.00773. The van der Waals surface area contributed by atoms with Gasteiger partial charge in [0.2, 0.25) is 11.8 Å². The summed E-state index contributed by atoms with van der Waals surface area (Å²) in [5, 5.41) is 5.83. The van der Waals surface area contributed by atoms with E-state index in [-0.39, 0.29) is 36.6 Å². The molecule has 4 N–H and O–H groups in total. The van der Waals surface area contributed by atoms with Crippen LogP contribution in [0.3, 0.4) is 0 Å². The van der Waals surface area contributed by atoms with E-state index in [0.717, 1.165) is 5.56 Å². The molecular formula is C17H22FN3O3. The Balaban J connectivity index is 1.90. The Morgan fingerprint density at radius 3 is 2.67 bits per heavy atom. The summed E-state index contributed by atoms with van der Waals surface area (Å²) in [7, 11) is 0. The molecule has 0 aliphatic carbocycles. The van der Waals surface area contributed by atoms with Gasteiger partial charge in [0.1, 0.15) is 17.2 Å². The first-order chi connectivity index (χ1) is 11.3. The van der Waals surface area contributed by atoms with Crippen molar-refractivity contribution in [2.75, 3.05) is 6.54 Å². The molecule has 0 saturated heterocycles. The van der Waals surface area contributed by atoms with Gasteiger partial charge in [-0.2, -0.15) is 0 Å². The van der Waals surface area contributed by atoms with E-state index in [9.17, 15) is 14.0 Å². The number of fused-ring (bicyclic) bond motifs is 1. The highest BCUT2D eigenvalue weighted by molar-refractivity contribution is 5.87. The summed E-state index contributed by atoms with van der Waals surface area (Å²) in [6.07, 6.45) is 0. The van der Waals surface area contributed by atoms with Gasteiger partial charge in [-0.05, 0) is 31.0 Å². The monoisotopic (exact) mass is 335 g/mol. The van der Waals surface area contributed by atoms with Gasteiger partial charge in [0.25, 0.3) is 0 Å². The maximum Gasteiger partial charge on any atom is 0.239 e. The Morgan fingerprint density at radius 1 is 1.29 bits per heavy atom. The van der Waals surface area contributed by atoms with Crippen LogP contribution in [0.4, 0.5) is 4.39 Å². The lowest BCUT2D eigenvalue weighted by molar-refractivity contribution is -0.127. The number of rotatable bonds is 6. The molecule has 0 saturated carbocycles. The van der Waals surface area contributed by atoms with E-state index in [4.69, 9.17) is 10.2 Å². The van der Waals surface area contributed by atoms with Gasteiger partial charge < -0.3 is 20.8 Å². The standard InChI is InChI=1S/C17H22FN3O3/c1-9(2)16(19)17(23)21-8-15(22)20-7-14-10(3)12-6-11(18)4-5-13(12)24-14/h4-6,9,16H,7-8,19H2,1-3H3,(H,20,22)(H,21,23)/t16-/m0/s1. The summed E-state index contributed by atoms with van der Waals surface area (Å²) < 4.78 is 18.9. The van der Waals surface area contributed by atoms with Crippen LogP contribution in [0, 0.1) is 18.7 Å². The Labute approximate surface area is 139 Å². The van der Waals surface area contributed by atoms with Crippen LogP contribution in [0.15, 0.2) is 22.6 Å². The molecule has 0 fully saturated rings. The van der Waals surface area contributed by atoms with Crippen molar-refractivity contribution in [3.05, 3.63) is 35.3 Å². The molecule has 130 valence electrons. The van der Waals surface area contributed by atoms with E-state index in [0.29, 0.717) is 16.7 Å². The molecule has 0 radical (unpaired) electrons. The van der Waals surface area contributed by atoms with E-state index in [1.54, 1.807) is 13.0 Å². The number of carbonyl (C=O) groups excluding carboxylic acids is 2. The summed E-state index contributed by atoms with van der Waals surface area (Å²) >= 11 is 0. The fourth-order valence-electron chi connectivity index (χ4n) is 2.24. The van der Waals surface area contributed by atoms with Crippen LogP contribution < -0.4 is 16.4 Å². The average molecular weight is 335 g/mol. The zero-order valence-electron chi connectivity index (χ0n) is 14.0. The Morgan fingerprint density at radius 2 is 2.00 bits per heavy atom. The first-order valence-corrected chi connectivity index (χ1v) is 7.77. The number of furan rings is 1. The summed E-state index contributed by atoms with van der Waals surface area (Å²) in [4.78, 5) is 23.5. The lowest BCUT2D eigenvalue weighted by atomic mass is 10.1. The fraction of sp³-hybridized carbons (Fsp3) is 0.412. The highest BCUT2D eigenvalue weighted by Crippen LogP contribution is 2.25. The van der Waals surface area contributed by atoms with Gasteiger partial charge in [-0.25, -0.2) is 4.39 Å². The van der Waals surface area contributed by atoms with Gasteiger partial charge in [-0.1, -0.05) is 13.8 Å². The molecule has 0 spiro atoms. The van der Waals surface area contributed by atoms with E-state index in [1.807, 2.05) is 13.8 Å². The molecule has 0 aliphatic rings. The molecule has 7 heteroatoms. The predicted molar refractivity (Wildman–Crippen MR) is 88.6 cm³/mol. The minimum atomic E-state index is -0.648. The normalized spacial score (nSPS) is 12.4. The van der Waals surface area contributed by atoms with Crippen LogP contribution in [0.1, 0.15) is 25.2 Å². The van der Waals surface area contributed by atoms with Crippen molar-refractivity contribution >= 4 is 22.8 Å². The molecule has 1 aromatic carbocycles. The average Bonchev–Trinajstić information content (AvgIpc) is 2.85. The van der Waals surface area contributed by atoms with Gasteiger partial charge in [-0.15, -0.1) is 0 Å². The van der Waals surface area contributed by atoms with E-state index < -0.39 is 6.04 Å². The summed E-state index contributed by atoms with van der Waals surface area (Å²) in [6.45, 7) is 5.46. The molecule has 6 nitrogen and oxygen atoms in total. The SMILES string of the molecule is Cc1c(CNC(=O)CNC(=O)[C@@H](N)C(C)C)oc2ccc(F)cc12. The number of hydrogen-bond acceptors (Lipinski definition) is 4. The molecule has 0 bridgehead atoms. The number of nitrogens with two attached hydrogens (primary N) is 1. The third kappa shape index (κ3) is 4.11. The van der Waals surface area contributed by atoms with Crippen LogP contribution in [0.2, 0.25) is 0 Å². The van der Waals surface area contributed by atoms with Crippen molar-refractivity contribution in [2.24, 2.45) is 11.7 Å². The third-order valence-electron chi connectivity index (χ3n) is 3.89. The largest absolute Gasteiger partial charge is 0.459 e. The van der Waals surface area contributed by atoms with Gasteiger partial charge in [0.05, 0.1) is 19.1 Å². The van der Waals surface area contributed by atoms with Crippen molar-refractivity contribution in [3.63, 3.8) is 0 Å². The molecule has 1 aromatic heterocycles. The molecule has 24 heavy (non-hydrogen) atoms. The number of benzene rings is 1. The van der Waals surface area contributed by atoms with E-state index >= 15 is 0 Å². The number of nitrogens with one attached hydrogen (secondary N) is 2. The van der Waals surface area contributed by atoms with Gasteiger partial charge in [0, 0.05) is 10.9 Å². The maximum atomic E-state index is 13.3. The van der Waals surface area contributed by atoms with E-state index in [1.165, 1.54) is 12.1 Å². The summed E-state index contributed by atoms with van der Waals surface area (Å²) in [5.74, 6) is -0.520. The van der Waals surface area contributed by atoms with Crippen LogP contribution in [-0.4, -0.2) is 24.4 Å². The number of aryl methyl sites for hydroxylation is 1. The number of halogens is 1. The van der Waals surface area contributed by atoms with Crippen LogP contribution in [0.5, 0.6) is 0 Å². The van der Waals surface area contributed by atoms with Crippen LogP contribution >= 0.6 is 0 Å². The van der Waals surface area contributed by atoms with Gasteiger partial charge >= 0.3 is 0 Å². The Kier molecular flexibility index (Phi) is 5.56. The number of amides is 2. The van der Waals surface area contributed by atoms with E-state index in [2.05, 4.69) is 10.6 Å². The van der Waals surface area contributed by atoms with Crippen LogP contribution in [0.25, 0.3) is 11.0 Å². The Hall–Kier alpha value is -2.41. The van der Waals surface area contributed by atoms with Crippen molar-refractivity contribution in [1.82, 2.24) is 10.6 Å². The second-order valence-corrected chi connectivity index (χ2v) is 6.06. The first-order valence-electron chi connectivity index (χ1n) is 7.77. The van der Waals surface area contributed by atoms with Crippen molar-refractivity contribution in [2.45, 2.75) is 33.4 Å². The maximum absolute atomic E-state index is 13.3. The molecule has 1 heterocycles. The highest BCUT2D eigenvalue weighted by atomic mass is 19.1. The quantitative estimate of drug-likeness (QED) is 0.747. The molecular weight excluding hydrogens is 313 g/mol. The lowest BCUT2D eigenvalue weighted by Gasteiger charge is -2.15. The molecule has 0 aliphatic heterocycles. The summed E-state index contributed by atoms with van der Waals surface area (Å²) in [6, 6.07) is 3.62. The molecule has 2 aromatic rings. The van der Waals surface area contributed by atoms with Crippen molar-refractivity contribution < 1.29 is 18.4 Å². The Bertz CT molecular complexity index is 755. The van der Waals surface area contributed by atoms with Gasteiger partial charge in [-0.3, -0.25) is 9.59 Å². The molecule has 0 unspecified atom stereocenters. The smallest absolute Gasteiger partial charge is 0.239 e. The molecule has 2 amide bonds. The molecule has 1 atom stereocenters. The molecule has 2 rings (SSSR count). The zero-order chi connectivity index (χ0) is 17.9. The topological polar surface area (TPSA) is 97.4 Å². The second kappa shape index (κ2) is 7.44. The zero-order valence-corrected chi connectivity index (χ0v) is 14.0.